The number of amides is 1. The van der Waals surface area contributed by atoms with E-state index in [0.29, 0.717) is 5.84 Å². The summed E-state index contributed by atoms with van der Waals surface area (Å²) < 4.78 is 0. The van der Waals surface area contributed by atoms with Gasteiger partial charge in [0.1, 0.15) is 12.1 Å². The maximum atomic E-state index is 10.9. The molecule has 0 aromatic carbocycles. The summed E-state index contributed by atoms with van der Waals surface area (Å²) >= 11 is 0. The molecule has 1 rings (SSSR count). The van der Waals surface area contributed by atoms with Crippen LogP contribution in [0, 0.1) is 0 Å². The van der Waals surface area contributed by atoms with Gasteiger partial charge in [-0.3, -0.25) is 9.69 Å². The molecule has 1 aliphatic rings. The van der Waals surface area contributed by atoms with Crippen LogP contribution in [0.1, 0.15) is 6.92 Å². The van der Waals surface area contributed by atoms with Crippen molar-refractivity contribution in [3.8, 4) is 0 Å². The van der Waals surface area contributed by atoms with Crippen LogP contribution in [0.25, 0.3) is 0 Å². The van der Waals surface area contributed by atoms with Crippen molar-refractivity contribution in [2.75, 3.05) is 7.05 Å². The van der Waals surface area contributed by atoms with Gasteiger partial charge >= 0.3 is 0 Å². The summed E-state index contributed by atoms with van der Waals surface area (Å²) in [5, 5.41) is 8.46. The fourth-order valence-corrected chi connectivity index (χ4v) is 0.700. The van der Waals surface area contributed by atoms with E-state index < -0.39 is 0 Å². The summed E-state index contributed by atoms with van der Waals surface area (Å²) in [7, 11) is 1.61. The number of carbonyl (C=O) groups is 1. The molecule has 0 aliphatic carbocycles. The Balaban J connectivity index is 2.98. The van der Waals surface area contributed by atoms with Crippen LogP contribution in [0.4, 0.5) is 0 Å². The van der Waals surface area contributed by atoms with Crippen LogP contribution in [0.2, 0.25) is 0 Å². The van der Waals surface area contributed by atoms with Crippen LogP contribution in [-0.2, 0) is 4.79 Å². The maximum Gasteiger partial charge on any atom is 0.280 e. The zero-order valence-corrected chi connectivity index (χ0v) is 5.83. The van der Waals surface area contributed by atoms with Gasteiger partial charge in [0.15, 0.2) is 5.70 Å². The van der Waals surface area contributed by atoms with E-state index in [1.807, 2.05) is 0 Å². The molecule has 0 atom stereocenters. The first-order valence-corrected chi connectivity index (χ1v) is 2.84. The van der Waals surface area contributed by atoms with Gasteiger partial charge in [-0.1, -0.05) is 0 Å². The standard InChI is InChI=1S/C6H8N2O2/c1-4-7-5(3-9)6(10)8(4)2/h3,9H,1-2H3/b5-3-. The zero-order valence-electron chi connectivity index (χ0n) is 5.83. The molecule has 0 spiro atoms. The third-order valence-corrected chi connectivity index (χ3v) is 1.41. The molecule has 1 aliphatic heterocycles. The van der Waals surface area contributed by atoms with E-state index in [1.165, 1.54) is 4.90 Å². The fourth-order valence-electron chi connectivity index (χ4n) is 0.700. The van der Waals surface area contributed by atoms with E-state index in [-0.39, 0.29) is 11.6 Å². The summed E-state index contributed by atoms with van der Waals surface area (Å²) in [6.45, 7) is 1.70. The normalized spacial score (nSPS) is 22.2. The van der Waals surface area contributed by atoms with E-state index in [2.05, 4.69) is 4.99 Å². The van der Waals surface area contributed by atoms with Gasteiger partial charge in [0, 0.05) is 7.05 Å². The summed E-state index contributed by atoms with van der Waals surface area (Å²) in [5.74, 6) is 0.338. The first-order valence-electron chi connectivity index (χ1n) is 2.84. The molecular weight excluding hydrogens is 132 g/mol. The molecule has 4 heteroatoms. The Morgan fingerprint density at radius 2 is 2.30 bits per heavy atom. The molecule has 0 aromatic rings. The van der Waals surface area contributed by atoms with Crippen LogP contribution in [0.3, 0.4) is 0 Å². The van der Waals surface area contributed by atoms with Crippen LogP contribution in [0.5, 0.6) is 0 Å². The molecular formula is C6H8N2O2. The lowest BCUT2D eigenvalue weighted by molar-refractivity contribution is -0.121. The number of aliphatic hydroxyl groups is 1. The molecule has 0 radical (unpaired) electrons. The van der Waals surface area contributed by atoms with Crippen molar-refractivity contribution in [1.29, 1.82) is 0 Å². The molecule has 0 fully saturated rings. The van der Waals surface area contributed by atoms with Crippen molar-refractivity contribution in [1.82, 2.24) is 4.90 Å². The molecule has 54 valence electrons. The van der Waals surface area contributed by atoms with Crippen molar-refractivity contribution < 1.29 is 9.90 Å². The SMILES string of the molecule is CC1=N/C(=C\O)C(=O)N1C. The van der Waals surface area contributed by atoms with Crippen molar-refractivity contribution in [3.05, 3.63) is 12.0 Å². The third kappa shape index (κ3) is 0.775. The minimum absolute atomic E-state index is 0.0972. The highest BCUT2D eigenvalue weighted by molar-refractivity contribution is 6.11. The Morgan fingerprint density at radius 1 is 1.70 bits per heavy atom. The van der Waals surface area contributed by atoms with Crippen LogP contribution in [0.15, 0.2) is 17.0 Å². The number of likely N-dealkylation sites (N-methyl/N-ethyl adjacent to an activating group) is 1. The Kier molecular flexibility index (Phi) is 1.45. The largest absolute Gasteiger partial charge is 0.513 e. The number of aliphatic imine (C=N–C) groups is 1. The summed E-state index contributed by atoms with van der Waals surface area (Å²) in [5.41, 5.74) is 0.0972. The van der Waals surface area contributed by atoms with Crippen molar-refractivity contribution in [2.24, 2.45) is 4.99 Å². The minimum Gasteiger partial charge on any atom is -0.513 e. The number of rotatable bonds is 0. The van der Waals surface area contributed by atoms with Gasteiger partial charge in [-0.15, -0.1) is 0 Å². The lowest BCUT2D eigenvalue weighted by Crippen LogP contribution is -2.25. The van der Waals surface area contributed by atoms with Crippen molar-refractivity contribution in [2.45, 2.75) is 6.92 Å². The zero-order chi connectivity index (χ0) is 7.72. The fraction of sp³-hybridized carbons (Fsp3) is 0.333. The highest BCUT2D eigenvalue weighted by Gasteiger charge is 2.23. The smallest absolute Gasteiger partial charge is 0.280 e. The number of hydrogen-bond acceptors (Lipinski definition) is 3. The lowest BCUT2D eigenvalue weighted by atomic mass is 10.5. The van der Waals surface area contributed by atoms with Gasteiger partial charge < -0.3 is 5.11 Å². The average molecular weight is 140 g/mol. The first kappa shape index (κ1) is 6.80. The van der Waals surface area contributed by atoms with Gasteiger partial charge in [-0.2, -0.15) is 0 Å². The van der Waals surface area contributed by atoms with Crippen LogP contribution >= 0.6 is 0 Å². The first-order chi connectivity index (χ1) is 4.66. The number of carbonyl (C=O) groups excluding carboxylic acids is 1. The number of hydrogen-bond donors (Lipinski definition) is 1. The van der Waals surface area contributed by atoms with E-state index >= 15 is 0 Å². The molecule has 10 heavy (non-hydrogen) atoms. The number of amidine groups is 1. The van der Waals surface area contributed by atoms with Gasteiger partial charge in [0.25, 0.3) is 5.91 Å². The van der Waals surface area contributed by atoms with E-state index in [9.17, 15) is 4.79 Å². The predicted octanol–water partition coefficient (Wildman–Crippen LogP) is 0.276. The highest BCUT2D eigenvalue weighted by Crippen LogP contribution is 2.10. The van der Waals surface area contributed by atoms with Gasteiger partial charge in [0.2, 0.25) is 0 Å². The molecule has 0 saturated carbocycles. The summed E-state index contributed by atoms with van der Waals surface area (Å²) in [6.07, 6.45) is 0.718. The Bertz CT molecular complexity index is 228. The van der Waals surface area contributed by atoms with E-state index in [4.69, 9.17) is 5.11 Å². The number of aliphatic hydroxyl groups excluding tert-OH is 1. The molecule has 0 saturated heterocycles. The molecule has 1 amide bonds. The summed E-state index contributed by atoms with van der Waals surface area (Å²) in [4.78, 5) is 16.1. The average Bonchev–Trinajstić information content (AvgIpc) is 2.17. The number of nitrogens with zero attached hydrogens (tertiary/aromatic N) is 2. The monoisotopic (exact) mass is 140 g/mol. The van der Waals surface area contributed by atoms with Crippen molar-refractivity contribution >= 4 is 11.7 Å². The van der Waals surface area contributed by atoms with Crippen LogP contribution < -0.4 is 0 Å². The Labute approximate surface area is 58.5 Å². The molecule has 0 unspecified atom stereocenters. The second-order valence-corrected chi connectivity index (χ2v) is 2.04. The second kappa shape index (κ2) is 2.13. The summed E-state index contributed by atoms with van der Waals surface area (Å²) in [6, 6.07) is 0. The van der Waals surface area contributed by atoms with E-state index in [1.54, 1.807) is 14.0 Å². The Hall–Kier alpha value is -1.32. The lowest BCUT2D eigenvalue weighted by Gasteiger charge is -2.05. The quantitative estimate of drug-likeness (QED) is 0.388. The minimum atomic E-state index is -0.264. The molecule has 0 aromatic heterocycles. The molecule has 0 bridgehead atoms. The highest BCUT2D eigenvalue weighted by atomic mass is 16.2. The third-order valence-electron chi connectivity index (χ3n) is 1.41. The van der Waals surface area contributed by atoms with Gasteiger partial charge in [-0.05, 0) is 6.92 Å². The van der Waals surface area contributed by atoms with Gasteiger partial charge in [0.05, 0.1) is 0 Å². The van der Waals surface area contributed by atoms with Crippen LogP contribution in [-0.4, -0.2) is 28.8 Å². The van der Waals surface area contributed by atoms with E-state index in [0.717, 1.165) is 6.26 Å². The molecule has 1 heterocycles. The topological polar surface area (TPSA) is 52.9 Å². The molecule has 1 N–H and O–H groups in total. The van der Waals surface area contributed by atoms with Crippen molar-refractivity contribution in [3.63, 3.8) is 0 Å². The maximum absolute atomic E-state index is 10.9. The Morgan fingerprint density at radius 3 is 2.50 bits per heavy atom. The second-order valence-electron chi connectivity index (χ2n) is 2.04. The molecule has 4 nitrogen and oxygen atoms in total. The van der Waals surface area contributed by atoms with Gasteiger partial charge in [-0.25, -0.2) is 4.99 Å². The predicted molar refractivity (Wildman–Crippen MR) is 36.6 cm³/mol.